The van der Waals surface area contributed by atoms with Gasteiger partial charge in [0, 0.05) is 24.7 Å². The lowest BCUT2D eigenvalue weighted by Gasteiger charge is -2.32. The maximum absolute atomic E-state index is 14.1. The molecule has 214 valence electrons. The van der Waals surface area contributed by atoms with Gasteiger partial charge in [0.2, 0.25) is 5.91 Å². The molecular formula is C35H35N3O4. The summed E-state index contributed by atoms with van der Waals surface area (Å²) >= 11 is 0. The van der Waals surface area contributed by atoms with Crippen LogP contribution in [0.15, 0.2) is 97.1 Å². The normalized spacial score (nSPS) is 12.5. The Morgan fingerprint density at radius 2 is 1.52 bits per heavy atom. The Morgan fingerprint density at radius 1 is 0.881 bits per heavy atom. The molecule has 3 amide bonds. The number of alkyl carbamates (subject to hydrolysis) is 1. The molecule has 4 rings (SSSR count). The van der Waals surface area contributed by atoms with Crippen LogP contribution in [0.25, 0.3) is 10.8 Å². The molecule has 0 saturated carbocycles. The monoisotopic (exact) mass is 561 g/mol. The van der Waals surface area contributed by atoms with Crippen molar-refractivity contribution in [3.63, 3.8) is 0 Å². The number of likely N-dealkylation sites (N-methyl/N-ethyl adjacent to an activating group) is 1. The van der Waals surface area contributed by atoms with E-state index in [2.05, 4.69) is 16.6 Å². The largest absolute Gasteiger partial charge is 0.444 e. The summed E-state index contributed by atoms with van der Waals surface area (Å²) in [4.78, 5) is 42.2. The first-order valence-electron chi connectivity index (χ1n) is 13.7. The van der Waals surface area contributed by atoms with Crippen LogP contribution in [-0.4, -0.2) is 41.5 Å². The molecule has 2 N–H and O–H groups in total. The molecule has 42 heavy (non-hydrogen) atoms. The molecule has 0 saturated heterocycles. The molecule has 0 aromatic heterocycles. The van der Waals surface area contributed by atoms with Crippen LogP contribution in [0, 0.1) is 12.3 Å². The highest BCUT2D eigenvalue weighted by molar-refractivity contribution is 6.00. The van der Waals surface area contributed by atoms with Crippen LogP contribution >= 0.6 is 0 Å². The average molecular weight is 562 g/mol. The molecule has 0 fully saturated rings. The SMILES string of the molecule is C#Cc1ccccc1C(C(=O)Nc1ccc2ccccc2c1)N(C)C(=O)C(Cc1ccccc1)NC(=O)OC(C)(C)C. The van der Waals surface area contributed by atoms with Crippen molar-refractivity contribution in [3.8, 4) is 12.3 Å². The maximum Gasteiger partial charge on any atom is 0.408 e. The van der Waals surface area contributed by atoms with E-state index in [1.807, 2.05) is 72.8 Å². The van der Waals surface area contributed by atoms with Crippen molar-refractivity contribution in [1.82, 2.24) is 10.2 Å². The van der Waals surface area contributed by atoms with Gasteiger partial charge in [-0.25, -0.2) is 4.79 Å². The summed E-state index contributed by atoms with van der Waals surface area (Å²) in [5, 5.41) is 7.69. The van der Waals surface area contributed by atoms with Gasteiger partial charge in [-0.15, -0.1) is 6.42 Å². The fraction of sp³-hybridized carbons (Fsp3) is 0.229. The van der Waals surface area contributed by atoms with E-state index in [0.29, 0.717) is 16.8 Å². The summed E-state index contributed by atoms with van der Waals surface area (Å²) in [6, 6.07) is 27.7. The minimum absolute atomic E-state index is 0.194. The number of carbonyl (C=O) groups is 3. The number of benzene rings is 4. The summed E-state index contributed by atoms with van der Waals surface area (Å²) in [6.45, 7) is 5.24. The fourth-order valence-electron chi connectivity index (χ4n) is 4.74. The van der Waals surface area contributed by atoms with Crippen LogP contribution < -0.4 is 10.6 Å². The third-order valence-corrected chi connectivity index (χ3v) is 6.68. The summed E-state index contributed by atoms with van der Waals surface area (Å²) < 4.78 is 5.45. The minimum atomic E-state index is -1.09. The van der Waals surface area contributed by atoms with Crippen LogP contribution in [0.4, 0.5) is 10.5 Å². The zero-order valence-corrected chi connectivity index (χ0v) is 24.3. The topological polar surface area (TPSA) is 87.7 Å². The Hall–Kier alpha value is -5.09. The number of ether oxygens (including phenoxy) is 1. The number of amides is 3. The summed E-state index contributed by atoms with van der Waals surface area (Å²) in [5.74, 6) is 1.71. The number of anilines is 1. The van der Waals surface area contributed by atoms with Crippen LogP contribution in [0.5, 0.6) is 0 Å². The molecule has 0 aliphatic rings. The Morgan fingerprint density at radius 3 is 2.21 bits per heavy atom. The second-order valence-electron chi connectivity index (χ2n) is 11.0. The molecule has 0 bridgehead atoms. The molecule has 4 aromatic rings. The average Bonchev–Trinajstić information content (AvgIpc) is 2.96. The number of nitrogens with one attached hydrogen (secondary N) is 2. The van der Waals surface area contributed by atoms with E-state index < -0.39 is 35.6 Å². The van der Waals surface area contributed by atoms with E-state index in [4.69, 9.17) is 11.2 Å². The van der Waals surface area contributed by atoms with Gasteiger partial charge in [-0.05, 0) is 60.9 Å². The van der Waals surface area contributed by atoms with E-state index in [1.165, 1.54) is 11.9 Å². The molecule has 0 aliphatic heterocycles. The molecule has 0 spiro atoms. The number of nitrogens with zero attached hydrogens (tertiary/aromatic N) is 1. The van der Waals surface area contributed by atoms with Gasteiger partial charge in [0.15, 0.2) is 0 Å². The Bertz CT molecular complexity index is 1620. The predicted octanol–water partition coefficient (Wildman–Crippen LogP) is 6.10. The highest BCUT2D eigenvalue weighted by Crippen LogP contribution is 2.27. The van der Waals surface area contributed by atoms with Crippen molar-refractivity contribution in [2.24, 2.45) is 0 Å². The first-order chi connectivity index (χ1) is 20.1. The van der Waals surface area contributed by atoms with Crippen molar-refractivity contribution < 1.29 is 19.1 Å². The summed E-state index contributed by atoms with van der Waals surface area (Å²) in [7, 11) is 1.54. The Kier molecular flexibility index (Phi) is 9.28. The van der Waals surface area contributed by atoms with Crippen molar-refractivity contribution in [2.75, 3.05) is 12.4 Å². The second kappa shape index (κ2) is 13.0. The first-order valence-corrected chi connectivity index (χ1v) is 13.7. The summed E-state index contributed by atoms with van der Waals surface area (Å²) in [6.07, 6.45) is 5.27. The van der Waals surface area contributed by atoms with Crippen molar-refractivity contribution in [2.45, 2.75) is 44.9 Å². The van der Waals surface area contributed by atoms with Crippen molar-refractivity contribution in [3.05, 3.63) is 114 Å². The lowest BCUT2D eigenvalue weighted by Crippen LogP contribution is -2.52. The van der Waals surface area contributed by atoms with Gasteiger partial charge in [0.1, 0.15) is 17.7 Å². The smallest absolute Gasteiger partial charge is 0.408 e. The van der Waals surface area contributed by atoms with E-state index in [9.17, 15) is 14.4 Å². The molecular weight excluding hydrogens is 526 g/mol. The van der Waals surface area contributed by atoms with Crippen molar-refractivity contribution >= 4 is 34.4 Å². The van der Waals surface area contributed by atoms with Crippen LogP contribution in [-0.2, 0) is 20.7 Å². The molecule has 0 aliphatic carbocycles. The van der Waals surface area contributed by atoms with Gasteiger partial charge in [-0.2, -0.15) is 0 Å². The number of carbonyl (C=O) groups excluding carboxylic acids is 3. The molecule has 7 nitrogen and oxygen atoms in total. The standard InChI is InChI=1S/C35H35N3O4/c1-6-25-16-12-13-19-29(25)31(32(39)36-28-21-20-26-17-10-11-18-27(26)23-28)38(5)33(40)30(22-24-14-8-7-9-15-24)37-34(41)42-35(2,3)4/h1,7-21,23,30-31H,22H2,2-5H3,(H,36,39)(H,37,41). The lowest BCUT2D eigenvalue weighted by atomic mass is 9.97. The molecule has 0 radical (unpaired) electrons. The third-order valence-electron chi connectivity index (χ3n) is 6.68. The summed E-state index contributed by atoms with van der Waals surface area (Å²) in [5.41, 5.74) is 1.63. The van der Waals surface area contributed by atoms with Crippen LogP contribution in [0.3, 0.4) is 0 Å². The van der Waals surface area contributed by atoms with Gasteiger partial charge in [-0.3, -0.25) is 9.59 Å². The van der Waals surface area contributed by atoms with Gasteiger partial charge >= 0.3 is 6.09 Å². The minimum Gasteiger partial charge on any atom is -0.444 e. The van der Waals surface area contributed by atoms with Gasteiger partial charge < -0.3 is 20.3 Å². The van der Waals surface area contributed by atoms with Gasteiger partial charge in [-0.1, -0.05) is 84.8 Å². The lowest BCUT2D eigenvalue weighted by molar-refractivity contribution is -0.139. The number of hydrogen-bond donors (Lipinski definition) is 2. The zero-order chi connectivity index (χ0) is 30.3. The molecule has 0 heterocycles. The molecule has 2 unspecified atom stereocenters. The van der Waals surface area contributed by atoms with E-state index in [0.717, 1.165) is 16.3 Å². The molecule has 7 heteroatoms. The number of hydrogen-bond acceptors (Lipinski definition) is 4. The van der Waals surface area contributed by atoms with E-state index in [-0.39, 0.29) is 6.42 Å². The highest BCUT2D eigenvalue weighted by atomic mass is 16.6. The number of rotatable bonds is 8. The number of fused-ring (bicyclic) bond motifs is 1. The predicted molar refractivity (Wildman–Crippen MR) is 166 cm³/mol. The fourth-order valence-corrected chi connectivity index (χ4v) is 4.74. The van der Waals surface area contributed by atoms with E-state index in [1.54, 1.807) is 45.0 Å². The molecule has 4 aromatic carbocycles. The van der Waals surface area contributed by atoms with Gasteiger partial charge in [0.05, 0.1) is 0 Å². The second-order valence-corrected chi connectivity index (χ2v) is 11.0. The van der Waals surface area contributed by atoms with Crippen LogP contribution in [0.2, 0.25) is 0 Å². The Labute approximate surface area is 246 Å². The van der Waals surface area contributed by atoms with Crippen LogP contribution in [0.1, 0.15) is 43.5 Å². The zero-order valence-electron chi connectivity index (χ0n) is 24.3. The molecule has 2 atom stereocenters. The van der Waals surface area contributed by atoms with E-state index >= 15 is 0 Å². The Balaban J connectivity index is 1.69. The van der Waals surface area contributed by atoms with Crippen molar-refractivity contribution in [1.29, 1.82) is 0 Å². The maximum atomic E-state index is 14.1. The third kappa shape index (κ3) is 7.55. The number of terminal acetylenes is 1. The first kappa shape index (κ1) is 29.9. The van der Waals surface area contributed by atoms with Gasteiger partial charge in [0.25, 0.3) is 5.91 Å². The highest BCUT2D eigenvalue weighted by Gasteiger charge is 2.35. The quantitative estimate of drug-likeness (QED) is 0.255.